The second-order valence-electron chi connectivity index (χ2n) is 12.3. The summed E-state index contributed by atoms with van der Waals surface area (Å²) in [5.41, 5.74) is 4.46. The van der Waals surface area contributed by atoms with E-state index >= 15 is 0 Å². The summed E-state index contributed by atoms with van der Waals surface area (Å²) in [6.07, 6.45) is -0.639. The normalized spacial score (nSPS) is 14.4. The highest BCUT2D eigenvalue weighted by molar-refractivity contribution is 6.33. The van der Waals surface area contributed by atoms with E-state index in [4.69, 9.17) is 16.7 Å². The van der Waals surface area contributed by atoms with E-state index in [0.29, 0.717) is 33.8 Å². The second kappa shape index (κ2) is 13.5. The molecular formula is C40H34ClN5O4. The van der Waals surface area contributed by atoms with Gasteiger partial charge in [-0.2, -0.15) is 5.10 Å². The number of carboxylic acid groups (broad SMARTS) is 1. The van der Waals surface area contributed by atoms with Crippen molar-refractivity contribution in [2.45, 2.75) is 12.0 Å². The molecular weight excluding hydrogens is 650 g/mol. The number of carbonyl (C=O) groups excluding carboxylic acids is 2. The molecule has 7 rings (SSSR count). The number of anilines is 1. The molecule has 3 amide bonds. The minimum absolute atomic E-state index is 0.106. The van der Waals surface area contributed by atoms with Crippen LogP contribution in [0.5, 0.6) is 0 Å². The molecule has 0 saturated carbocycles. The Kier molecular flexibility index (Phi) is 8.82. The van der Waals surface area contributed by atoms with Crippen LogP contribution in [0.15, 0.2) is 127 Å². The third-order valence-electron chi connectivity index (χ3n) is 9.41. The molecule has 10 heteroatoms. The van der Waals surface area contributed by atoms with E-state index in [0.717, 1.165) is 27.8 Å². The first-order valence-corrected chi connectivity index (χ1v) is 16.7. The molecule has 0 unspecified atom stereocenters. The summed E-state index contributed by atoms with van der Waals surface area (Å²) in [5, 5.41) is 21.6. The average molecular weight is 684 g/mol. The largest absolute Gasteiger partial charge is 0.465 e. The number of likely N-dealkylation sites (tertiary alicyclic amines) is 1. The highest BCUT2D eigenvalue weighted by atomic mass is 35.5. The number of nitrogens with one attached hydrogen (secondary N) is 2. The molecule has 3 N–H and O–H groups in total. The predicted molar refractivity (Wildman–Crippen MR) is 195 cm³/mol. The molecule has 0 aliphatic carbocycles. The maximum Gasteiger partial charge on any atom is 0.407 e. The summed E-state index contributed by atoms with van der Waals surface area (Å²) >= 11 is 6.72. The van der Waals surface area contributed by atoms with E-state index in [1.165, 1.54) is 4.90 Å². The fourth-order valence-corrected chi connectivity index (χ4v) is 7.16. The molecule has 6 aromatic rings. The zero-order valence-electron chi connectivity index (χ0n) is 27.2. The SMILES string of the molecule is CNC(=O)c1ccc(Cl)c(-c2ccc3c(c2)c(NC(=O)[C@@H]2CCN(C(=O)O)C2)nn3C(c2ccccc2)(c2ccccc2)c2ccccc2)c1. The van der Waals surface area contributed by atoms with Gasteiger partial charge in [0.2, 0.25) is 5.91 Å². The lowest BCUT2D eigenvalue weighted by atomic mass is 9.77. The smallest absolute Gasteiger partial charge is 0.407 e. The van der Waals surface area contributed by atoms with Gasteiger partial charge in [0.1, 0.15) is 5.54 Å². The summed E-state index contributed by atoms with van der Waals surface area (Å²) in [5.74, 6) is -0.758. The molecule has 250 valence electrons. The number of aromatic nitrogens is 2. The van der Waals surface area contributed by atoms with Crippen LogP contribution in [-0.4, -0.2) is 57.8 Å². The quantitative estimate of drug-likeness (QED) is 0.144. The van der Waals surface area contributed by atoms with Gasteiger partial charge >= 0.3 is 6.09 Å². The lowest BCUT2D eigenvalue weighted by molar-refractivity contribution is -0.119. The van der Waals surface area contributed by atoms with Gasteiger partial charge < -0.3 is 20.6 Å². The number of carbonyl (C=O) groups is 3. The highest BCUT2D eigenvalue weighted by Crippen LogP contribution is 2.44. The van der Waals surface area contributed by atoms with Gasteiger partial charge in [0.05, 0.1) is 11.4 Å². The summed E-state index contributed by atoms with van der Waals surface area (Å²) in [4.78, 5) is 39.3. The zero-order chi connectivity index (χ0) is 34.8. The number of hydrogen-bond acceptors (Lipinski definition) is 4. The number of benzene rings is 5. The molecule has 1 aliphatic rings. The molecule has 1 atom stereocenters. The van der Waals surface area contributed by atoms with Crippen LogP contribution in [0.3, 0.4) is 0 Å². The van der Waals surface area contributed by atoms with E-state index in [1.54, 1.807) is 25.2 Å². The van der Waals surface area contributed by atoms with Crippen molar-refractivity contribution < 1.29 is 19.5 Å². The first-order valence-electron chi connectivity index (χ1n) is 16.3. The third-order valence-corrected chi connectivity index (χ3v) is 9.74. The van der Waals surface area contributed by atoms with E-state index in [1.807, 2.05) is 77.5 Å². The average Bonchev–Trinajstić information content (AvgIpc) is 3.80. The second-order valence-corrected chi connectivity index (χ2v) is 12.7. The number of hydrogen-bond donors (Lipinski definition) is 3. The number of fused-ring (bicyclic) bond motifs is 1. The van der Waals surface area contributed by atoms with E-state index < -0.39 is 17.6 Å². The van der Waals surface area contributed by atoms with Gasteiger partial charge in [-0.1, -0.05) is 109 Å². The summed E-state index contributed by atoms with van der Waals surface area (Å²) in [6.45, 7) is 0.390. The standard InChI is InChI=1S/C40H34ClN5O4/c1-42-37(47)27-17-19-34(41)32(24-27)26-18-20-35-33(23-26)36(43-38(48)28-21-22-45(25-28)39(49)50)44-46(35)40(29-11-5-2-6-12-29,30-13-7-3-8-14-30)31-15-9-4-10-16-31/h2-20,23-24,28H,21-22,25H2,1H3,(H,42,47)(H,49,50)(H,43,44,48)/t28-/m1/s1. The predicted octanol–water partition coefficient (Wildman–Crippen LogP) is 7.49. The lowest BCUT2D eigenvalue weighted by Gasteiger charge is -2.37. The van der Waals surface area contributed by atoms with Gasteiger partial charge in [0.15, 0.2) is 5.82 Å². The molecule has 1 fully saturated rings. The van der Waals surface area contributed by atoms with E-state index in [-0.39, 0.29) is 24.9 Å². The maximum absolute atomic E-state index is 13.8. The first kappa shape index (κ1) is 32.6. The van der Waals surface area contributed by atoms with Crippen molar-refractivity contribution in [1.29, 1.82) is 0 Å². The molecule has 1 saturated heterocycles. The van der Waals surface area contributed by atoms with E-state index in [2.05, 4.69) is 47.0 Å². The number of halogens is 1. The van der Waals surface area contributed by atoms with Crippen molar-refractivity contribution in [3.63, 3.8) is 0 Å². The Balaban J connectivity index is 1.49. The molecule has 1 aliphatic heterocycles. The maximum atomic E-state index is 13.8. The van der Waals surface area contributed by atoms with Crippen molar-refractivity contribution in [2.24, 2.45) is 5.92 Å². The lowest BCUT2D eigenvalue weighted by Crippen LogP contribution is -2.38. The van der Waals surface area contributed by atoms with Gasteiger partial charge in [0, 0.05) is 41.7 Å². The van der Waals surface area contributed by atoms with Crippen LogP contribution in [0.4, 0.5) is 10.6 Å². The van der Waals surface area contributed by atoms with Gasteiger partial charge in [-0.25, -0.2) is 9.48 Å². The Hall–Kier alpha value is -5.93. The first-order chi connectivity index (χ1) is 24.3. The summed E-state index contributed by atoms with van der Waals surface area (Å²) < 4.78 is 1.96. The van der Waals surface area contributed by atoms with Crippen LogP contribution >= 0.6 is 11.6 Å². The number of amides is 3. The molecule has 50 heavy (non-hydrogen) atoms. The van der Waals surface area contributed by atoms with Crippen LogP contribution in [0, 0.1) is 5.92 Å². The van der Waals surface area contributed by atoms with Crippen molar-refractivity contribution >= 4 is 46.2 Å². The van der Waals surface area contributed by atoms with Crippen molar-refractivity contribution in [2.75, 3.05) is 25.5 Å². The van der Waals surface area contributed by atoms with Gasteiger partial charge in [-0.15, -0.1) is 0 Å². The molecule has 0 radical (unpaired) electrons. The van der Waals surface area contributed by atoms with E-state index in [9.17, 15) is 19.5 Å². The Morgan fingerprint density at radius 3 is 1.96 bits per heavy atom. The zero-order valence-corrected chi connectivity index (χ0v) is 28.0. The van der Waals surface area contributed by atoms with Crippen LogP contribution in [0.25, 0.3) is 22.0 Å². The molecule has 5 aromatic carbocycles. The molecule has 0 bridgehead atoms. The molecule has 1 aromatic heterocycles. The van der Waals surface area contributed by atoms with Crippen LogP contribution < -0.4 is 10.6 Å². The van der Waals surface area contributed by atoms with Crippen molar-refractivity contribution in [3.8, 4) is 11.1 Å². The Labute approximate surface area is 294 Å². The third kappa shape index (κ3) is 5.75. The minimum Gasteiger partial charge on any atom is -0.465 e. The topological polar surface area (TPSA) is 117 Å². The van der Waals surface area contributed by atoms with Crippen LogP contribution in [0.1, 0.15) is 33.5 Å². The van der Waals surface area contributed by atoms with Gasteiger partial charge in [-0.3, -0.25) is 9.59 Å². The minimum atomic E-state index is -1.05. The fraction of sp³-hybridized carbons (Fsp3) is 0.150. The number of nitrogens with zero attached hydrogens (tertiary/aromatic N) is 3. The van der Waals surface area contributed by atoms with Crippen molar-refractivity contribution in [1.82, 2.24) is 20.0 Å². The summed E-state index contributed by atoms with van der Waals surface area (Å²) in [6, 6.07) is 41.3. The Bertz CT molecular complexity index is 2110. The van der Waals surface area contributed by atoms with Gasteiger partial charge in [0.25, 0.3) is 5.91 Å². The van der Waals surface area contributed by atoms with Crippen molar-refractivity contribution in [3.05, 3.63) is 155 Å². The molecule has 0 spiro atoms. The Morgan fingerprint density at radius 2 is 1.42 bits per heavy atom. The summed E-state index contributed by atoms with van der Waals surface area (Å²) in [7, 11) is 1.57. The molecule has 2 heterocycles. The van der Waals surface area contributed by atoms with Crippen LogP contribution in [-0.2, 0) is 10.3 Å². The van der Waals surface area contributed by atoms with Crippen LogP contribution in [0.2, 0.25) is 5.02 Å². The highest BCUT2D eigenvalue weighted by Gasteiger charge is 2.41. The molecule has 9 nitrogen and oxygen atoms in total. The Morgan fingerprint density at radius 1 is 0.820 bits per heavy atom. The van der Waals surface area contributed by atoms with Gasteiger partial charge in [-0.05, 0) is 59.0 Å². The number of rotatable bonds is 8. The monoisotopic (exact) mass is 683 g/mol. The fourth-order valence-electron chi connectivity index (χ4n) is 6.94.